The monoisotopic (exact) mass is 399 g/mol. The van der Waals surface area contributed by atoms with Crippen molar-refractivity contribution in [2.75, 3.05) is 32.2 Å². The Kier molecular flexibility index (Phi) is 5.85. The molecule has 1 unspecified atom stereocenters. The first-order valence-corrected chi connectivity index (χ1v) is 9.67. The molecule has 2 heterocycles. The lowest BCUT2D eigenvalue weighted by molar-refractivity contribution is -0.128. The first-order chi connectivity index (χ1) is 13.5. The molecule has 2 amide bonds. The van der Waals surface area contributed by atoms with Crippen molar-refractivity contribution >= 4 is 28.8 Å². The number of thiazole rings is 1. The van der Waals surface area contributed by atoms with Crippen molar-refractivity contribution in [2.24, 2.45) is 0 Å². The van der Waals surface area contributed by atoms with Crippen molar-refractivity contribution in [3.8, 4) is 23.8 Å². The predicted octanol–water partition coefficient (Wildman–Crippen LogP) is 2.41. The quantitative estimate of drug-likeness (QED) is 0.698. The highest BCUT2D eigenvalue weighted by molar-refractivity contribution is 7.10. The van der Waals surface area contributed by atoms with E-state index in [9.17, 15) is 9.59 Å². The van der Waals surface area contributed by atoms with Crippen LogP contribution in [0.5, 0.6) is 11.5 Å². The fraction of sp³-hybridized carbons (Fsp3) is 0.350. The fourth-order valence-corrected chi connectivity index (χ4v) is 3.80. The molecule has 0 bridgehead atoms. The number of anilines is 1. The molecule has 8 heteroatoms. The molecule has 0 saturated carbocycles. The SMILES string of the molecule is C#Cc1nc(C(=O)N(c2cc(OC)cc(OC)c2)C2CCN(CC)C2=O)cs1. The number of carbonyl (C=O) groups excluding carboxylic acids is 2. The van der Waals surface area contributed by atoms with E-state index in [0.717, 1.165) is 0 Å². The maximum atomic E-state index is 13.4. The number of rotatable bonds is 6. The Hall–Kier alpha value is -3.05. The number of carbonyl (C=O) groups is 2. The van der Waals surface area contributed by atoms with Crippen LogP contribution in [-0.2, 0) is 4.79 Å². The van der Waals surface area contributed by atoms with E-state index in [2.05, 4.69) is 10.9 Å². The predicted molar refractivity (Wildman–Crippen MR) is 107 cm³/mol. The molecular weight excluding hydrogens is 378 g/mol. The molecule has 1 aromatic heterocycles. The van der Waals surface area contributed by atoms with E-state index in [1.807, 2.05) is 6.92 Å². The average Bonchev–Trinajstić information content (AvgIpc) is 3.35. The van der Waals surface area contributed by atoms with Gasteiger partial charge in [-0.25, -0.2) is 4.98 Å². The second-order valence-corrected chi connectivity index (χ2v) is 7.01. The molecule has 1 aliphatic rings. The molecule has 2 aromatic rings. The zero-order valence-corrected chi connectivity index (χ0v) is 16.8. The van der Waals surface area contributed by atoms with Crippen LogP contribution >= 0.6 is 11.3 Å². The van der Waals surface area contributed by atoms with Gasteiger partial charge in [0.2, 0.25) is 5.91 Å². The van der Waals surface area contributed by atoms with Crippen molar-refractivity contribution in [2.45, 2.75) is 19.4 Å². The van der Waals surface area contributed by atoms with Crippen LogP contribution in [0.2, 0.25) is 0 Å². The molecule has 0 aliphatic carbocycles. The number of nitrogens with zero attached hydrogens (tertiary/aromatic N) is 3. The van der Waals surface area contributed by atoms with Gasteiger partial charge < -0.3 is 14.4 Å². The van der Waals surface area contributed by atoms with Gasteiger partial charge in [0.1, 0.15) is 23.2 Å². The van der Waals surface area contributed by atoms with E-state index in [4.69, 9.17) is 15.9 Å². The lowest BCUT2D eigenvalue weighted by atomic mass is 10.1. The summed E-state index contributed by atoms with van der Waals surface area (Å²) in [5, 5.41) is 2.03. The van der Waals surface area contributed by atoms with Crippen LogP contribution in [0.15, 0.2) is 23.6 Å². The number of aromatic nitrogens is 1. The van der Waals surface area contributed by atoms with E-state index >= 15 is 0 Å². The van der Waals surface area contributed by atoms with Crippen LogP contribution in [0, 0.1) is 12.3 Å². The van der Waals surface area contributed by atoms with Crippen LogP contribution in [-0.4, -0.2) is 55.0 Å². The number of ether oxygens (including phenoxy) is 2. The summed E-state index contributed by atoms with van der Waals surface area (Å²) in [5.41, 5.74) is 0.718. The van der Waals surface area contributed by atoms with E-state index in [1.54, 1.807) is 28.5 Å². The van der Waals surface area contributed by atoms with Gasteiger partial charge in [0, 0.05) is 36.7 Å². The Morgan fingerprint density at radius 3 is 2.54 bits per heavy atom. The topological polar surface area (TPSA) is 72.0 Å². The molecule has 146 valence electrons. The minimum absolute atomic E-state index is 0.0926. The number of methoxy groups -OCH3 is 2. The average molecular weight is 399 g/mol. The first kappa shape index (κ1) is 19.7. The zero-order chi connectivity index (χ0) is 20.3. The molecule has 1 fully saturated rings. The van der Waals surface area contributed by atoms with Gasteiger partial charge in [0.25, 0.3) is 5.91 Å². The third-order valence-electron chi connectivity index (χ3n) is 4.64. The summed E-state index contributed by atoms with van der Waals surface area (Å²) in [4.78, 5) is 33.6. The summed E-state index contributed by atoms with van der Waals surface area (Å²) in [7, 11) is 3.06. The molecule has 3 rings (SSSR count). The highest BCUT2D eigenvalue weighted by Gasteiger charge is 2.39. The number of likely N-dealkylation sites (N-methyl/N-ethyl adjacent to an activating group) is 1. The van der Waals surface area contributed by atoms with Crippen molar-refractivity contribution in [1.82, 2.24) is 9.88 Å². The van der Waals surface area contributed by atoms with Gasteiger partial charge in [-0.15, -0.1) is 17.8 Å². The van der Waals surface area contributed by atoms with Gasteiger partial charge in [0.15, 0.2) is 5.01 Å². The van der Waals surface area contributed by atoms with Crippen LogP contribution in [0.3, 0.4) is 0 Å². The maximum Gasteiger partial charge on any atom is 0.278 e. The highest BCUT2D eigenvalue weighted by Crippen LogP contribution is 2.33. The summed E-state index contributed by atoms with van der Waals surface area (Å²) in [6.07, 6.45) is 5.92. The molecule has 0 radical (unpaired) electrons. The Morgan fingerprint density at radius 1 is 1.36 bits per heavy atom. The lowest BCUT2D eigenvalue weighted by Gasteiger charge is -2.28. The second kappa shape index (κ2) is 8.31. The Morgan fingerprint density at radius 2 is 2.04 bits per heavy atom. The van der Waals surface area contributed by atoms with Gasteiger partial charge in [-0.05, 0) is 19.3 Å². The van der Waals surface area contributed by atoms with E-state index in [0.29, 0.717) is 41.7 Å². The van der Waals surface area contributed by atoms with Gasteiger partial charge in [-0.2, -0.15) is 0 Å². The first-order valence-electron chi connectivity index (χ1n) is 8.79. The Labute approximate surface area is 167 Å². The number of benzene rings is 1. The van der Waals surface area contributed by atoms with E-state index in [-0.39, 0.29) is 17.5 Å². The molecule has 1 aromatic carbocycles. The summed E-state index contributed by atoms with van der Waals surface area (Å²) in [6, 6.07) is 4.49. The number of amides is 2. The second-order valence-electron chi connectivity index (χ2n) is 6.15. The summed E-state index contributed by atoms with van der Waals surface area (Å²) in [6.45, 7) is 3.11. The largest absolute Gasteiger partial charge is 0.497 e. The van der Waals surface area contributed by atoms with Crippen LogP contribution in [0.1, 0.15) is 28.8 Å². The molecule has 1 saturated heterocycles. The zero-order valence-electron chi connectivity index (χ0n) is 16.0. The fourth-order valence-electron chi connectivity index (χ4n) is 3.21. The number of hydrogen-bond acceptors (Lipinski definition) is 6. The van der Waals surface area contributed by atoms with Gasteiger partial charge in [-0.3, -0.25) is 14.5 Å². The van der Waals surface area contributed by atoms with Gasteiger partial charge in [0.05, 0.1) is 19.9 Å². The highest BCUT2D eigenvalue weighted by atomic mass is 32.1. The third kappa shape index (κ3) is 3.66. The number of terminal acetylenes is 1. The van der Waals surface area contributed by atoms with Crippen molar-refractivity contribution < 1.29 is 19.1 Å². The van der Waals surface area contributed by atoms with Crippen molar-refractivity contribution in [3.63, 3.8) is 0 Å². The molecule has 28 heavy (non-hydrogen) atoms. The Balaban J connectivity index is 2.08. The molecule has 1 aliphatic heterocycles. The van der Waals surface area contributed by atoms with E-state index < -0.39 is 6.04 Å². The summed E-state index contributed by atoms with van der Waals surface area (Å²) in [5.74, 6) is 3.00. The molecular formula is C20H21N3O4S. The standard InChI is InChI=1S/C20H21N3O4S/c1-5-18-21-16(12-28-18)19(24)23(17-7-8-22(6-2)20(17)25)13-9-14(26-3)11-15(10-13)27-4/h1,9-12,17H,6-8H2,2-4H3. The van der Waals surface area contributed by atoms with E-state index in [1.165, 1.54) is 30.5 Å². The van der Waals surface area contributed by atoms with Crippen LogP contribution in [0.25, 0.3) is 0 Å². The smallest absolute Gasteiger partial charge is 0.278 e. The maximum absolute atomic E-state index is 13.4. The Bertz CT molecular complexity index is 912. The summed E-state index contributed by atoms with van der Waals surface area (Å²) >= 11 is 1.21. The van der Waals surface area contributed by atoms with Crippen molar-refractivity contribution in [1.29, 1.82) is 0 Å². The number of likely N-dealkylation sites (tertiary alicyclic amines) is 1. The van der Waals surface area contributed by atoms with Crippen LogP contribution < -0.4 is 14.4 Å². The van der Waals surface area contributed by atoms with Crippen LogP contribution in [0.4, 0.5) is 5.69 Å². The normalized spacial score (nSPS) is 16.0. The van der Waals surface area contributed by atoms with Gasteiger partial charge >= 0.3 is 0 Å². The minimum atomic E-state index is -0.625. The molecule has 7 nitrogen and oxygen atoms in total. The van der Waals surface area contributed by atoms with Crippen molar-refractivity contribution in [3.05, 3.63) is 34.3 Å². The number of hydrogen-bond donors (Lipinski definition) is 0. The molecule has 1 atom stereocenters. The minimum Gasteiger partial charge on any atom is -0.497 e. The molecule has 0 spiro atoms. The van der Waals surface area contributed by atoms with Gasteiger partial charge in [-0.1, -0.05) is 0 Å². The molecule has 0 N–H and O–H groups in total. The third-order valence-corrected chi connectivity index (χ3v) is 5.42. The lowest BCUT2D eigenvalue weighted by Crippen LogP contribution is -2.45. The summed E-state index contributed by atoms with van der Waals surface area (Å²) < 4.78 is 10.7.